The second-order valence-corrected chi connectivity index (χ2v) is 6.01. The maximum atomic E-state index is 12.3. The summed E-state index contributed by atoms with van der Waals surface area (Å²) in [4.78, 5) is 15.0. The van der Waals surface area contributed by atoms with E-state index in [4.69, 9.17) is 18.0 Å². The molecule has 1 saturated heterocycles. The molecule has 2 rings (SSSR count). The first-order chi connectivity index (χ1) is 9.99. The largest absolute Gasteiger partial charge is 0.392 e. The van der Waals surface area contributed by atoms with Crippen molar-refractivity contribution in [3.05, 3.63) is 17.5 Å². The number of aryl methyl sites for hydroxylation is 2. The minimum atomic E-state index is -0.0440. The molecular weight excluding hydrogens is 286 g/mol. The van der Waals surface area contributed by atoms with Crippen LogP contribution < -0.4 is 11.1 Å². The molecule has 0 radical (unpaired) electrons. The van der Waals surface area contributed by atoms with Gasteiger partial charge in [0.2, 0.25) is 0 Å². The van der Waals surface area contributed by atoms with Gasteiger partial charge in [0, 0.05) is 32.7 Å². The van der Waals surface area contributed by atoms with Gasteiger partial charge in [0.1, 0.15) is 5.69 Å². The molecule has 0 aliphatic carbocycles. The van der Waals surface area contributed by atoms with Gasteiger partial charge in [0.25, 0.3) is 5.91 Å². The molecule has 6 nitrogen and oxygen atoms in total. The maximum Gasteiger partial charge on any atom is 0.269 e. The van der Waals surface area contributed by atoms with Crippen molar-refractivity contribution < 1.29 is 4.79 Å². The number of hydrogen-bond donors (Lipinski definition) is 2. The van der Waals surface area contributed by atoms with E-state index in [-0.39, 0.29) is 11.9 Å². The summed E-state index contributed by atoms with van der Waals surface area (Å²) < 4.78 is 1.65. The van der Waals surface area contributed by atoms with Crippen LogP contribution in [0.25, 0.3) is 0 Å². The second kappa shape index (κ2) is 7.00. The molecule has 1 aliphatic rings. The number of aromatic nitrogens is 2. The normalized spacial score (nSPS) is 16.9. The molecule has 0 spiro atoms. The van der Waals surface area contributed by atoms with Gasteiger partial charge in [-0.1, -0.05) is 19.1 Å². The van der Waals surface area contributed by atoms with Crippen LogP contribution in [0, 0.1) is 0 Å². The van der Waals surface area contributed by atoms with Crippen LogP contribution in [0.3, 0.4) is 0 Å². The highest BCUT2D eigenvalue weighted by Gasteiger charge is 2.22. The summed E-state index contributed by atoms with van der Waals surface area (Å²) in [5.41, 5.74) is 7.12. The van der Waals surface area contributed by atoms with Crippen LogP contribution in [0.5, 0.6) is 0 Å². The number of carbonyl (C=O) groups excluding carboxylic acids is 1. The fraction of sp³-hybridized carbons (Fsp3) is 0.643. The number of hydrogen-bond acceptors (Lipinski definition) is 4. The van der Waals surface area contributed by atoms with Gasteiger partial charge < -0.3 is 11.1 Å². The van der Waals surface area contributed by atoms with E-state index in [1.165, 1.54) is 0 Å². The van der Waals surface area contributed by atoms with Crippen molar-refractivity contribution in [3.8, 4) is 0 Å². The minimum Gasteiger partial charge on any atom is -0.392 e. The molecule has 0 unspecified atom stereocenters. The van der Waals surface area contributed by atoms with Crippen LogP contribution >= 0.6 is 12.2 Å². The van der Waals surface area contributed by atoms with Gasteiger partial charge in [0.15, 0.2) is 0 Å². The molecule has 2 heterocycles. The van der Waals surface area contributed by atoms with Gasteiger partial charge in [0.05, 0.1) is 10.7 Å². The summed E-state index contributed by atoms with van der Waals surface area (Å²) in [6.45, 7) is 4.51. The first kappa shape index (κ1) is 15.9. The predicted octanol–water partition coefficient (Wildman–Crippen LogP) is 0.463. The molecule has 1 fully saturated rings. The smallest absolute Gasteiger partial charge is 0.269 e. The van der Waals surface area contributed by atoms with E-state index >= 15 is 0 Å². The van der Waals surface area contributed by atoms with Crippen LogP contribution in [-0.2, 0) is 13.5 Å². The molecule has 116 valence electrons. The van der Waals surface area contributed by atoms with Crippen molar-refractivity contribution in [1.82, 2.24) is 20.0 Å². The SMILES string of the molecule is CCc1cc(C(=O)NC2CCN(CC(N)=S)CC2)n(C)n1. The lowest BCUT2D eigenvalue weighted by Gasteiger charge is -2.31. The van der Waals surface area contributed by atoms with E-state index in [0.29, 0.717) is 17.2 Å². The molecule has 21 heavy (non-hydrogen) atoms. The van der Waals surface area contributed by atoms with Crippen molar-refractivity contribution in [3.63, 3.8) is 0 Å². The Morgan fingerprint density at radius 3 is 2.71 bits per heavy atom. The van der Waals surface area contributed by atoms with Gasteiger partial charge in [-0.15, -0.1) is 0 Å². The number of nitrogens with one attached hydrogen (secondary N) is 1. The van der Waals surface area contributed by atoms with E-state index in [0.717, 1.165) is 38.0 Å². The van der Waals surface area contributed by atoms with Crippen LogP contribution in [0.2, 0.25) is 0 Å². The lowest BCUT2D eigenvalue weighted by Crippen LogP contribution is -2.46. The number of carbonyl (C=O) groups is 1. The molecule has 1 aromatic rings. The Balaban J connectivity index is 1.86. The first-order valence-electron chi connectivity index (χ1n) is 7.34. The summed E-state index contributed by atoms with van der Waals surface area (Å²) in [5, 5.41) is 7.40. The zero-order valence-electron chi connectivity index (χ0n) is 12.6. The molecule has 0 aromatic carbocycles. The fourth-order valence-electron chi connectivity index (χ4n) is 2.63. The monoisotopic (exact) mass is 309 g/mol. The van der Waals surface area contributed by atoms with Crippen molar-refractivity contribution >= 4 is 23.1 Å². The third kappa shape index (κ3) is 4.25. The highest BCUT2D eigenvalue weighted by Crippen LogP contribution is 2.11. The third-order valence-electron chi connectivity index (χ3n) is 3.83. The number of piperidine rings is 1. The molecule has 1 aliphatic heterocycles. The summed E-state index contributed by atoms with van der Waals surface area (Å²) in [6, 6.07) is 2.07. The molecule has 0 bridgehead atoms. The number of rotatable bonds is 5. The number of amides is 1. The zero-order valence-corrected chi connectivity index (χ0v) is 13.4. The quantitative estimate of drug-likeness (QED) is 0.773. The molecule has 7 heteroatoms. The zero-order chi connectivity index (χ0) is 15.4. The Morgan fingerprint density at radius 1 is 1.52 bits per heavy atom. The molecular formula is C14H23N5OS. The molecule has 0 saturated carbocycles. The minimum absolute atomic E-state index is 0.0440. The summed E-state index contributed by atoms with van der Waals surface area (Å²) in [7, 11) is 1.80. The number of likely N-dealkylation sites (tertiary alicyclic amines) is 1. The topological polar surface area (TPSA) is 76.2 Å². The van der Waals surface area contributed by atoms with Crippen LogP contribution in [0.15, 0.2) is 6.07 Å². The highest BCUT2D eigenvalue weighted by molar-refractivity contribution is 7.80. The van der Waals surface area contributed by atoms with E-state index < -0.39 is 0 Å². The van der Waals surface area contributed by atoms with Crippen molar-refractivity contribution in [2.24, 2.45) is 12.8 Å². The second-order valence-electron chi connectivity index (χ2n) is 5.49. The lowest BCUT2D eigenvalue weighted by atomic mass is 10.0. The first-order valence-corrected chi connectivity index (χ1v) is 7.75. The summed E-state index contributed by atoms with van der Waals surface area (Å²) in [5.74, 6) is -0.0440. The molecule has 1 aromatic heterocycles. The molecule has 0 atom stereocenters. The molecule has 3 N–H and O–H groups in total. The van der Waals surface area contributed by atoms with E-state index in [9.17, 15) is 4.79 Å². The molecule has 1 amide bonds. The average molecular weight is 309 g/mol. The number of nitrogens with two attached hydrogens (primary N) is 1. The van der Waals surface area contributed by atoms with Crippen molar-refractivity contribution in [2.45, 2.75) is 32.2 Å². The Morgan fingerprint density at radius 2 is 2.19 bits per heavy atom. The van der Waals surface area contributed by atoms with Gasteiger partial charge in [-0.25, -0.2) is 0 Å². The number of nitrogens with zero attached hydrogens (tertiary/aromatic N) is 3. The van der Waals surface area contributed by atoms with Gasteiger partial charge in [-0.2, -0.15) is 5.10 Å². The Bertz CT molecular complexity index is 519. The number of thiocarbonyl (C=S) groups is 1. The van der Waals surface area contributed by atoms with Crippen LogP contribution in [0.4, 0.5) is 0 Å². The van der Waals surface area contributed by atoms with E-state index in [1.54, 1.807) is 11.7 Å². The van der Waals surface area contributed by atoms with Gasteiger partial charge in [-0.05, 0) is 25.3 Å². The Kier molecular flexibility index (Phi) is 5.30. The van der Waals surface area contributed by atoms with Crippen LogP contribution in [0.1, 0.15) is 35.9 Å². The lowest BCUT2D eigenvalue weighted by molar-refractivity contribution is 0.0905. The van der Waals surface area contributed by atoms with E-state index in [2.05, 4.69) is 15.3 Å². The Hall–Kier alpha value is -1.47. The van der Waals surface area contributed by atoms with Gasteiger partial charge in [-0.3, -0.25) is 14.4 Å². The predicted molar refractivity (Wildman–Crippen MR) is 86.3 cm³/mol. The summed E-state index contributed by atoms with van der Waals surface area (Å²) >= 11 is 4.92. The average Bonchev–Trinajstić information content (AvgIpc) is 2.82. The standard InChI is InChI=1S/C14H23N5OS/c1-3-10-8-12(18(2)17-10)14(20)16-11-4-6-19(7-5-11)9-13(15)21/h8,11H,3-7,9H2,1-2H3,(H2,15,21)(H,16,20). The third-order valence-corrected chi connectivity index (χ3v) is 3.96. The van der Waals surface area contributed by atoms with Gasteiger partial charge >= 0.3 is 0 Å². The Labute approximate surface area is 130 Å². The highest BCUT2D eigenvalue weighted by atomic mass is 32.1. The van der Waals surface area contributed by atoms with Crippen molar-refractivity contribution in [2.75, 3.05) is 19.6 Å². The van der Waals surface area contributed by atoms with Crippen LogP contribution in [-0.4, -0.2) is 51.3 Å². The van der Waals surface area contributed by atoms with Crippen molar-refractivity contribution in [1.29, 1.82) is 0 Å². The maximum absolute atomic E-state index is 12.3. The fourth-order valence-corrected chi connectivity index (χ4v) is 2.81. The van der Waals surface area contributed by atoms with E-state index in [1.807, 2.05) is 13.0 Å². The summed E-state index contributed by atoms with van der Waals surface area (Å²) in [6.07, 6.45) is 2.68.